The van der Waals surface area contributed by atoms with Crippen molar-refractivity contribution in [2.75, 3.05) is 13.1 Å². The summed E-state index contributed by atoms with van der Waals surface area (Å²) in [6.07, 6.45) is 5.14. The maximum Gasteiger partial charge on any atom is 0.260 e. The topological polar surface area (TPSA) is 54.5 Å². The molecule has 1 aliphatic heterocycles. The first-order valence-electron chi connectivity index (χ1n) is 8.84. The standard InChI is InChI=1S/C20H25N3O2/c1-16(25-19-7-3-2-4-8-19)20(24)22-18-9-12-23(13-10-18)15-17-6-5-11-21-14-17/h2-8,11,14,16,18H,9-10,12-13,15H2,1H3,(H,22,24). The molecule has 1 N–H and O–H groups in total. The zero-order valence-electron chi connectivity index (χ0n) is 14.6. The molecule has 1 amide bonds. The molecule has 0 spiro atoms. The van der Waals surface area contributed by atoms with Gasteiger partial charge in [-0.05, 0) is 43.5 Å². The highest BCUT2D eigenvalue weighted by atomic mass is 16.5. The minimum absolute atomic E-state index is 0.0467. The molecule has 0 saturated carbocycles. The first kappa shape index (κ1) is 17.4. The molecule has 0 aliphatic carbocycles. The van der Waals surface area contributed by atoms with Crippen LogP contribution in [-0.4, -0.2) is 41.0 Å². The van der Waals surface area contributed by atoms with Crippen molar-refractivity contribution < 1.29 is 9.53 Å². The summed E-state index contributed by atoms with van der Waals surface area (Å²) in [5, 5.41) is 3.12. The van der Waals surface area contributed by atoms with Gasteiger partial charge in [0.15, 0.2) is 6.10 Å². The van der Waals surface area contributed by atoms with Crippen molar-refractivity contribution >= 4 is 5.91 Å². The van der Waals surface area contributed by atoms with Crippen molar-refractivity contribution in [2.24, 2.45) is 0 Å². The van der Waals surface area contributed by atoms with Gasteiger partial charge in [-0.1, -0.05) is 24.3 Å². The summed E-state index contributed by atoms with van der Waals surface area (Å²) >= 11 is 0. The van der Waals surface area contributed by atoms with E-state index >= 15 is 0 Å². The van der Waals surface area contributed by atoms with Crippen LogP contribution in [0.1, 0.15) is 25.3 Å². The fourth-order valence-electron chi connectivity index (χ4n) is 3.06. The molecule has 5 nitrogen and oxygen atoms in total. The molecule has 1 fully saturated rings. The van der Waals surface area contributed by atoms with E-state index in [-0.39, 0.29) is 11.9 Å². The Labute approximate surface area is 149 Å². The molecular weight excluding hydrogens is 314 g/mol. The second kappa shape index (κ2) is 8.62. The zero-order chi connectivity index (χ0) is 17.5. The van der Waals surface area contributed by atoms with Gasteiger partial charge in [0, 0.05) is 38.1 Å². The molecule has 1 saturated heterocycles. The smallest absolute Gasteiger partial charge is 0.260 e. The predicted molar refractivity (Wildman–Crippen MR) is 97.2 cm³/mol. The van der Waals surface area contributed by atoms with E-state index in [4.69, 9.17) is 4.74 Å². The Morgan fingerprint density at radius 3 is 2.68 bits per heavy atom. The van der Waals surface area contributed by atoms with Crippen molar-refractivity contribution in [2.45, 2.75) is 38.5 Å². The number of pyridine rings is 1. The minimum Gasteiger partial charge on any atom is -0.481 e. The van der Waals surface area contributed by atoms with Crippen molar-refractivity contribution in [3.05, 3.63) is 60.4 Å². The molecule has 1 aliphatic rings. The van der Waals surface area contributed by atoms with Gasteiger partial charge in [0.25, 0.3) is 5.91 Å². The van der Waals surface area contributed by atoms with Gasteiger partial charge >= 0.3 is 0 Å². The third-order valence-corrected chi connectivity index (χ3v) is 4.49. The van der Waals surface area contributed by atoms with Crippen molar-refractivity contribution in [3.63, 3.8) is 0 Å². The number of nitrogens with zero attached hydrogens (tertiary/aromatic N) is 2. The molecule has 0 bridgehead atoms. The number of hydrogen-bond acceptors (Lipinski definition) is 4. The monoisotopic (exact) mass is 339 g/mol. The molecule has 1 aromatic heterocycles. The lowest BCUT2D eigenvalue weighted by Gasteiger charge is -2.32. The molecule has 1 atom stereocenters. The minimum atomic E-state index is -0.490. The molecule has 2 aromatic rings. The highest BCUT2D eigenvalue weighted by molar-refractivity contribution is 5.81. The zero-order valence-corrected chi connectivity index (χ0v) is 14.6. The van der Waals surface area contributed by atoms with Crippen LogP contribution in [0, 0.1) is 0 Å². The Morgan fingerprint density at radius 1 is 1.24 bits per heavy atom. The summed E-state index contributed by atoms with van der Waals surface area (Å²) in [7, 11) is 0. The number of carbonyl (C=O) groups excluding carboxylic acids is 1. The lowest BCUT2D eigenvalue weighted by atomic mass is 10.0. The molecular formula is C20H25N3O2. The highest BCUT2D eigenvalue weighted by Gasteiger charge is 2.23. The fraction of sp³-hybridized carbons (Fsp3) is 0.400. The average Bonchev–Trinajstić information content (AvgIpc) is 2.65. The van der Waals surface area contributed by atoms with Crippen molar-refractivity contribution in [1.29, 1.82) is 0 Å². The van der Waals surface area contributed by atoms with Crippen LogP contribution in [0.3, 0.4) is 0 Å². The maximum atomic E-state index is 12.3. The van der Waals surface area contributed by atoms with Crippen LogP contribution in [0.25, 0.3) is 0 Å². The molecule has 1 aromatic carbocycles. The van der Waals surface area contributed by atoms with E-state index in [0.29, 0.717) is 0 Å². The van der Waals surface area contributed by atoms with Crippen LogP contribution in [-0.2, 0) is 11.3 Å². The Bertz CT molecular complexity index is 655. The SMILES string of the molecule is CC(Oc1ccccc1)C(=O)NC1CCN(Cc2cccnc2)CC1. The quantitative estimate of drug-likeness (QED) is 0.879. The lowest BCUT2D eigenvalue weighted by molar-refractivity contribution is -0.128. The van der Waals surface area contributed by atoms with E-state index in [2.05, 4.69) is 21.3 Å². The number of para-hydroxylation sites is 1. The number of hydrogen-bond donors (Lipinski definition) is 1. The maximum absolute atomic E-state index is 12.3. The highest BCUT2D eigenvalue weighted by Crippen LogP contribution is 2.15. The molecule has 132 valence electrons. The first-order chi connectivity index (χ1) is 12.2. The summed E-state index contributed by atoms with van der Waals surface area (Å²) in [6, 6.07) is 13.7. The Balaban J connectivity index is 1.41. The second-order valence-corrected chi connectivity index (χ2v) is 6.49. The molecule has 2 heterocycles. The summed E-state index contributed by atoms with van der Waals surface area (Å²) in [5.74, 6) is 0.672. The second-order valence-electron chi connectivity index (χ2n) is 6.49. The molecule has 1 unspecified atom stereocenters. The Hall–Kier alpha value is -2.40. The number of piperidine rings is 1. The van der Waals surface area contributed by atoms with Gasteiger partial charge in [0.05, 0.1) is 0 Å². The normalized spacial score (nSPS) is 17.0. The lowest BCUT2D eigenvalue weighted by Crippen LogP contribution is -2.47. The van der Waals surface area contributed by atoms with Crippen LogP contribution in [0.2, 0.25) is 0 Å². The number of ether oxygens (including phenoxy) is 1. The summed E-state index contributed by atoms with van der Waals surface area (Å²) in [5.41, 5.74) is 1.23. The third kappa shape index (κ3) is 5.29. The fourth-order valence-corrected chi connectivity index (χ4v) is 3.06. The van der Waals surface area contributed by atoms with Gasteiger partial charge in [-0.3, -0.25) is 14.7 Å². The number of rotatable bonds is 6. The van der Waals surface area contributed by atoms with Gasteiger partial charge < -0.3 is 10.1 Å². The van der Waals surface area contributed by atoms with E-state index in [1.54, 1.807) is 13.1 Å². The van der Waals surface area contributed by atoms with Crippen molar-refractivity contribution in [3.8, 4) is 5.75 Å². The van der Waals surface area contributed by atoms with Crippen LogP contribution in [0.4, 0.5) is 0 Å². The van der Waals surface area contributed by atoms with E-state index in [1.165, 1.54) is 5.56 Å². The molecule has 3 rings (SSSR count). The molecule has 0 radical (unpaired) electrons. The number of carbonyl (C=O) groups is 1. The number of likely N-dealkylation sites (tertiary alicyclic amines) is 1. The van der Waals surface area contributed by atoms with Gasteiger partial charge in [0.1, 0.15) is 5.75 Å². The molecule has 5 heteroatoms. The number of nitrogens with one attached hydrogen (secondary N) is 1. The van der Waals surface area contributed by atoms with E-state index < -0.39 is 6.10 Å². The van der Waals surface area contributed by atoms with Gasteiger partial charge in [-0.2, -0.15) is 0 Å². The first-order valence-corrected chi connectivity index (χ1v) is 8.84. The number of benzene rings is 1. The van der Waals surface area contributed by atoms with E-state index in [0.717, 1.165) is 38.2 Å². The van der Waals surface area contributed by atoms with Crippen LogP contribution < -0.4 is 10.1 Å². The third-order valence-electron chi connectivity index (χ3n) is 4.49. The van der Waals surface area contributed by atoms with Crippen LogP contribution >= 0.6 is 0 Å². The largest absolute Gasteiger partial charge is 0.481 e. The predicted octanol–water partition coefficient (Wildman–Crippen LogP) is 2.63. The van der Waals surface area contributed by atoms with Gasteiger partial charge in [-0.25, -0.2) is 0 Å². The Kier molecular flexibility index (Phi) is 6.01. The van der Waals surface area contributed by atoms with Crippen LogP contribution in [0.5, 0.6) is 5.75 Å². The summed E-state index contributed by atoms with van der Waals surface area (Å²) in [6.45, 7) is 4.67. The van der Waals surface area contributed by atoms with Crippen molar-refractivity contribution in [1.82, 2.24) is 15.2 Å². The number of amides is 1. The number of aromatic nitrogens is 1. The Morgan fingerprint density at radius 2 is 2.00 bits per heavy atom. The van der Waals surface area contributed by atoms with Gasteiger partial charge in [-0.15, -0.1) is 0 Å². The summed E-state index contributed by atoms with van der Waals surface area (Å²) in [4.78, 5) is 18.9. The van der Waals surface area contributed by atoms with E-state index in [9.17, 15) is 4.79 Å². The van der Waals surface area contributed by atoms with E-state index in [1.807, 2.05) is 42.6 Å². The van der Waals surface area contributed by atoms with Crippen LogP contribution in [0.15, 0.2) is 54.9 Å². The van der Waals surface area contributed by atoms with Gasteiger partial charge in [0.2, 0.25) is 0 Å². The molecule has 25 heavy (non-hydrogen) atoms. The summed E-state index contributed by atoms with van der Waals surface area (Å²) < 4.78 is 5.69. The average molecular weight is 339 g/mol.